The van der Waals surface area contributed by atoms with Gasteiger partial charge in [0.05, 0.1) is 9.50 Å². The van der Waals surface area contributed by atoms with E-state index >= 15 is 0 Å². The van der Waals surface area contributed by atoms with Gasteiger partial charge in [-0.25, -0.2) is 14.5 Å². The largest absolute Gasteiger partial charge is 0.479 e. The summed E-state index contributed by atoms with van der Waals surface area (Å²) >= 11 is 15.6. The first kappa shape index (κ1) is 24.5. The molecule has 9 nitrogen and oxygen atoms in total. The van der Waals surface area contributed by atoms with Crippen LogP contribution in [0.4, 0.5) is 5.82 Å². The van der Waals surface area contributed by atoms with Crippen molar-refractivity contribution in [2.75, 3.05) is 5.32 Å². The highest BCUT2D eigenvalue weighted by Crippen LogP contribution is 2.39. The van der Waals surface area contributed by atoms with Crippen LogP contribution in [-0.4, -0.2) is 39.7 Å². The molecule has 2 N–H and O–H groups in total. The van der Waals surface area contributed by atoms with E-state index in [4.69, 9.17) is 27.9 Å². The Kier molecular flexibility index (Phi) is 7.46. The van der Waals surface area contributed by atoms with E-state index in [1.807, 2.05) is 0 Å². The number of halogens is 3. The highest BCUT2D eigenvalue weighted by Gasteiger charge is 2.32. The minimum Gasteiger partial charge on any atom is -0.479 e. The summed E-state index contributed by atoms with van der Waals surface area (Å²) in [6.45, 7) is 0. The van der Waals surface area contributed by atoms with Crippen LogP contribution in [0.5, 0.6) is 11.6 Å². The average Bonchev–Trinajstić information content (AvgIpc) is 3.15. The molecule has 0 fully saturated rings. The monoisotopic (exact) mass is 586 g/mol. The minimum absolute atomic E-state index is 0.113. The molecule has 0 saturated carbocycles. The smallest absolute Gasteiger partial charge is 0.333 e. The fourth-order valence-electron chi connectivity index (χ4n) is 3.81. The van der Waals surface area contributed by atoms with Crippen molar-refractivity contribution in [3.63, 3.8) is 0 Å². The number of benzene rings is 1. The van der Waals surface area contributed by atoms with E-state index in [0.29, 0.717) is 39.5 Å². The molecule has 1 aliphatic rings. The normalized spacial score (nSPS) is 13.6. The number of fused-ring (bicyclic) bond motifs is 1. The first-order valence-corrected chi connectivity index (χ1v) is 12.7. The van der Waals surface area contributed by atoms with Crippen molar-refractivity contribution in [2.45, 2.75) is 31.7 Å². The molecule has 0 radical (unpaired) electrons. The molecule has 2 heterocycles. The van der Waals surface area contributed by atoms with Crippen molar-refractivity contribution in [1.82, 2.24) is 14.8 Å². The van der Waals surface area contributed by atoms with Crippen molar-refractivity contribution < 1.29 is 23.1 Å². The molecule has 0 spiro atoms. The summed E-state index contributed by atoms with van der Waals surface area (Å²) in [5.74, 6) is -0.421. The summed E-state index contributed by atoms with van der Waals surface area (Å²) in [6, 6.07) is 5.05. The van der Waals surface area contributed by atoms with Crippen LogP contribution in [0, 0.1) is 0 Å². The maximum atomic E-state index is 12.5. The molecule has 178 valence electrons. The molecule has 3 aromatic rings. The van der Waals surface area contributed by atoms with Gasteiger partial charge in [0.15, 0.2) is 11.9 Å². The second kappa shape index (κ2) is 10.3. The number of nitrogens with zero attached hydrogens (tertiary/aromatic N) is 3. The highest BCUT2D eigenvalue weighted by molar-refractivity contribution is 9.10. The van der Waals surface area contributed by atoms with E-state index in [-0.39, 0.29) is 10.9 Å². The minimum atomic E-state index is -2.45. The lowest BCUT2D eigenvalue weighted by Gasteiger charge is -2.21. The number of carboxylic acid groups (broad SMARTS) is 1. The standard InChI is InChI=1S/C21H17BrCl2N4O5S/c22-17-13(7-8-25-20(17)33-16-6-5-11(23)9-14(16)24)18(21(29)30)28-15-4-2-1-3-12(15)19(27-28)26-10-34(31)32/h5-10,18H,1-4H2,(H,26,27)(H,29,30)/t18-/m1/s1. The first-order valence-electron chi connectivity index (χ1n) is 10.0. The van der Waals surface area contributed by atoms with Crippen molar-refractivity contribution in [1.29, 1.82) is 0 Å². The lowest BCUT2D eigenvalue weighted by molar-refractivity contribution is -0.139. The van der Waals surface area contributed by atoms with Gasteiger partial charge in [-0.15, -0.1) is 0 Å². The van der Waals surface area contributed by atoms with Gasteiger partial charge in [0.2, 0.25) is 16.2 Å². The summed E-state index contributed by atoms with van der Waals surface area (Å²) in [6.07, 6.45) is 4.45. The Morgan fingerprint density at radius 3 is 2.74 bits per heavy atom. The van der Waals surface area contributed by atoms with Crippen molar-refractivity contribution in [2.24, 2.45) is 0 Å². The number of aliphatic carboxylic acids is 1. The van der Waals surface area contributed by atoms with Gasteiger partial charge in [-0.3, -0.25) is 0 Å². The lowest BCUT2D eigenvalue weighted by atomic mass is 9.96. The van der Waals surface area contributed by atoms with Crippen molar-refractivity contribution >= 4 is 66.7 Å². The molecule has 0 amide bonds. The summed E-state index contributed by atoms with van der Waals surface area (Å²) in [5.41, 5.74) is 2.76. The Morgan fingerprint density at radius 2 is 2.03 bits per heavy atom. The van der Waals surface area contributed by atoms with Crippen LogP contribution in [0.2, 0.25) is 10.0 Å². The molecular formula is C21H17BrCl2N4O5S. The summed E-state index contributed by atoms with van der Waals surface area (Å²) in [4.78, 5) is 16.7. The molecular weight excluding hydrogens is 571 g/mol. The molecule has 1 aliphatic carbocycles. The second-order valence-electron chi connectivity index (χ2n) is 7.39. The number of anilines is 1. The Labute approximate surface area is 214 Å². The van der Waals surface area contributed by atoms with Gasteiger partial charge in [0.1, 0.15) is 11.2 Å². The fraction of sp³-hybridized carbons (Fsp3) is 0.238. The van der Waals surface area contributed by atoms with Crippen LogP contribution >= 0.6 is 39.1 Å². The molecule has 13 heteroatoms. The third-order valence-corrected chi connectivity index (χ3v) is 6.90. The van der Waals surface area contributed by atoms with Gasteiger partial charge in [0, 0.05) is 28.0 Å². The summed E-state index contributed by atoms with van der Waals surface area (Å²) in [7, 11) is -2.45. The van der Waals surface area contributed by atoms with Gasteiger partial charge >= 0.3 is 5.97 Å². The van der Waals surface area contributed by atoms with Crippen LogP contribution in [-0.2, 0) is 27.9 Å². The Morgan fingerprint density at radius 1 is 1.26 bits per heavy atom. The summed E-state index contributed by atoms with van der Waals surface area (Å²) in [5, 5.41) is 18.0. The maximum absolute atomic E-state index is 12.5. The van der Waals surface area contributed by atoms with E-state index in [0.717, 1.165) is 29.6 Å². The molecule has 34 heavy (non-hydrogen) atoms. The van der Waals surface area contributed by atoms with Crippen LogP contribution < -0.4 is 10.1 Å². The van der Waals surface area contributed by atoms with E-state index in [1.54, 1.807) is 18.2 Å². The fourth-order valence-corrected chi connectivity index (χ4v) is 5.00. The zero-order chi connectivity index (χ0) is 24.4. The number of carbonyl (C=O) groups is 1. The third kappa shape index (κ3) is 5.07. The number of nitrogens with one attached hydrogen (secondary N) is 1. The van der Waals surface area contributed by atoms with Gasteiger partial charge in [-0.1, -0.05) is 23.2 Å². The molecule has 0 saturated heterocycles. The molecule has 1 aromatic carbocycles. The van der Waals surface area contributed by atoms with Crippen LogP contribution in [0.3, 0.4) is 0 Å². The topological polar surface area (TPSA) is 123 Å². The van der Waals surface area contributed by atoms with E-state index in [9.17, 15) is 18.3 Å². The Hall–Kier alpha value is -2.60. The number of hydrogen-bond acceptors (Lipinski definition) is 6. The Balaban J connectivity index is 1.79. The van der Waals surface area contributed by atoms with Crippen LogP contribution in [0.15, 0.2) is 34.9 Å². The third-order valence-electron chi connectivity index (χ3n) is 5.26. The number of ether oxygens (including phenoxy) is 1. The van der Waals surface area contributed by atoms with Crippen molar-refractivity contribution in [3.8, 4) is 11.6 Å². The van der Waals surface area contributed by atoms with Crippen LogP contribution in [0.25, 0.3) is 0 Å². The average molecular weight is 588 g/mol. The maximum Gasteiger partial charge on any atom is 0.333 e. The van der Waals surface area contributed by atoms with E-state index < -0.39 is 22.3 Å². The zero-order valence-electron chi connectivity index (χ0n) is 17.3. The Bertz CT molecular complexity index is 1400. The number of pyridine rings is 1. The molecule has 1 atom stereocenters. The summed E-state index contributed by atoms with van der Waals surface area (Å²) < 4.78 is 29.5. The number of rotatable bonds is 7. The quantitative estimate of drug-likeness (QED) is 0.380. The molecule has 0 aliphatic heterocycles. The van der Waals surface area contributed by atoms with Gasteiger partial charge in [0.25, 0.3) is 0 Å². The number of aromatic nitrogens is 3. The molecule has 0 bridgehead atoms. The van der Waals surface area contributed by atoms with E-state index in [1.165, 1.54) is 16.9 Å². The molecule has 4 rings (SSSR count). The van der Waals surface area contributed by atoms with Gasteiger partial charge in [-0.05, 0) is 65.9 Å². The zero-order valence-corrected chi connectivity index (χ0v) is 21.2. The lowest BCUT2D eigenvalue weighted by Crippen LogP contribution is -2.25. The highest BCUT2D eigenvalue weighted by atomic mass is 79.9. The molecule has 2 aromatic heterocycles. The predicted molar refractivity (Wildman–Crippen MR) is 132 cm³/mol. The van der Waals surface area contributed by atoms with Gasteiger partial charge in [-0.2, -0.15) is 13.5 Å². The van der Waals surface area contributed by atoms with E-state index in [2.05, 4.69) is 31.3 Å². The van der Waals surface area contributed by atoms with Crippen LogP contribution in [0.1, 0.15) is 35.7 Å². The number of carboxylic acids is 1. The first-order chi connectivity index (χ1) is 16.3. The number of hydrogen-bond donors (Lipinski definition) is 2. The van der Waals surface area contributed by atoms with Crippen molar-refractivity contribution in [3.05, 3.63) is 61.8 Å². The molecule has 0 unspecified atom stereocenters. The SMILES string of the molecule is O=C(O)[C@@H](c1ccnc(Oc2ccc(Cl)cc2Cl)c1Br)n1nc(NC=S(=O)=O)c2c1CCCC2. The predicted octanol–water partition coefficient (Wildman–Crippen LogP) is 4.74. The van der Waals surface area contributed by atoms with Gasteiger partial charge < -0.3 is 15.2 Å². The second-order valence-corrected chi connectivity index (χ2v) is 9.78.